The third-order valence-electron chi connectivity index (χ3n) is 3.47. The molecule has 1 aromatic heterocycles. The van der Waals surface area contributed by atoms with Crippen LogP contribution in [0.1, 0.15) is 22.6 Å². The van der Waals surface area contributed by atoms with Crippen LogP contribution in [0, 0.1) is 13.8 Å². The van der Waals surface area contributed by atoms with Gasteiger partial charge in [0.2, 0.25) is 0 Å². The Labute approximate surface area is 137 Å². The molecule has 0 fully saturated rings. The van der Waals surface area contributed by atoms with Crippen LogP contribution in [0.25, 0.3) is 0 Å². The molecule has 120 valence electrons. The molecule has 0 aliphatic carbocycles. The van der Waals surface area contributed by atoms with Crippen LogP contribution in [0.3, 0.4) is 0 Å². The van der Waals surface area contributed by atoms with E-state index in [1.807, 2.05) is 46.2 Å². The van der Waals surface area contributed by atoms with Crippen LogP contribution in [0.2, 0.25) is 0 Å². The minimum atomic E-state index is 0.710. The SMILES string of the molecule is C=CCc1c(C)nc(C)nc1N/N=C\c1ccc(N(C)C)cc1. The molecule has 0 unspecified atom stereocenters. The maximum Gasteiger partial charge on any atom is 0.153 e. The molecule has 2 rings (SSSR count). The van der Waals surface area contributed by atoms with E-state index in [-0.39, 0.29) is 0 Å². The van der Waals surface area contributed by atoms with E-state index in [2.05, 4.69) is 44.1 Å². The van der Waals surface area contributed by atoms with Gasteiger partial charge in [-0.3, -0.25) is 5.43 Å². The van der Waals surface area contributed by atoms with Gasteiger partial charge in [0.05, 0.1) is 6.21 Å². The Morgan fingerprint density at radius 2 is 1.87 bits per heavy atom. The van der Waals surface area contributed by atoms with Crippen LogP contribution in [-0.2, 0) is 6.42 Å². The van der Waals surface area contributed by atoms with E-state index in [0.717, 1.165) is 34.2 Å². The summed E-state index contributed by atoms with van der Waals surface area (Å²) in [5.74, 6) is 1.46. The van der Waals surface area contributed by atoms with Crippen LogP contribution in [0.5, 0.6) is 0 Å². The highest BCUT2D eigenvalue weighted by atomic mass is 15.3. The quantitative estimate of drug-likeness (QED) is 0.505. The first-order valence-corrected chi connectivity index (χ1v) is 7.52. The van der Waals surface area contributed by atoms with Gasteiger partial charge in [-0.15, -0.1) is 6.58 Å². The minimum absolute atomic E-state index is 0.710. The Bertz CT molecular complexity index is 702. The van der Waals surface area contributed by atoms with Crippen LogP contribution in [0.4, 0.5) is 11.5 Å². The lowest BCUT2D eigenvalue weighted by Gasteiger charge is -2.12. The zero-order chi connectivity index (χ0) is 16.8. The summed E-state index contributed by atoms with van der Waals surface area (Å²) in [5, 5.41) is 4.30. The first-order valence-electron chi connectivity index (χ1n) is 7.52. The van der Waals surface area contributed by atoms with Crippen molar-refractivity contribution in [1.29, 1.82) is 0 Å². The molecule has 1 aromatic carbocycles. The fraction of sp³-hybridized carbons (Fsp3) is 0.278. The summed E-state index contributed by atoms with van der Waals surface area (Å²) in [6.07, 6.45) is 4.33. The largest absolute Gasteiger partial charge is 0.378 e. The van der Waals surface area contributed by atoms with Crippen LogP contribution in [0.15, 0.2) is 42.0 Å². The van der Waals surface area contributed by atoms with E-state index < -0.39 is 0 Å². The number of hydrogen-bond acceptors (Lipinski definition) is 5. The number of allylic oxidation sites excluding steroid dienone is 1. The lowest BCUT2D eigenvalue weighted by molar-refractivity contribution is 0.964. The average Bonchev–Trinajstić information content (AvgIpc) is 2.51. The Kier molecular flexibility index (Phi) is 5.46. The predicted molar refractivity (Wildman–Crippen MR) is 97.4 cm³/mol. The summed E-state index contributed by atoms with van der Waals surface area (Å²) in [7, 11) is 4.04. The van der Waals surface area contributed by atoms with Crippen LogP contribution < -0.4 is 10.3 Å². The van der Waals surface area contributed by atoms with Crippen molar-refractivity contribution >= 4 is 17.7 Å². The summed E-state index contributed by atoms with van der Waals surface area (Å²) in [6.45, 7) is 7.63. The standard InChI is InChI=1S/C18H23N5/c1-6-7-17-13(2)20-14(3)21-18(17)22-19-12-15-8-10-16(11-9-15)23(4)5/h6,8-12H,1,7H2,2-5H3,(H,20,21,22)/b19-12-. The molecule has 5 nitrogen and oxygen atoms in total. The molecule has 0 amide bonds. The van der Waals surface area contributed by atoms with Crippen molar-refractivity contribution in [2.75, 3.05) is 24.4 Å². The average molecular weight is 309 g/mol. The summed E-state index contributed by atoms with van der Waals surface area (Å²) < 4.78 is 0. The van der Waals surface area contributed by atoms with Gasteiger partial charge in [0.25, 0.3) is 0 Å². The van der Waals surface area contributed by atoms with Crippen molar-refractivity contribution in [3.63, 3.8) is 0 Å². The van der Waals surface area contributed by atoms with Crippen molar-refractivity contribution in [2.45, 2.75) is 20.3 Å². The second-order valence-corrected chi connectivity index (χ2v) is 5.53. The molecule has 0 spiro atoms. The van der Waals surface area contributed by atoms with Crippen LogP contribution >= 0.6 is 0 Å². The smallest absolute Gasteiger partial charge is 0.153 e. The maximum absolute atomic E-state index is 4.43. The van der Waals surface area contributed by atoms with Gasteiger partial charge in [0.1, 0.15) is 5.82 Å². The Hall–Kier alpha value is -2.69. The zero-order valence-electron chi connectivity index (χ0n) is 14.2. The highest BCUT2D eigenvalue weighted by Gasteiger charge is 2.08. The first-order chi connectivity index (χ1) is 11.0. The van der Waals surface area contributed by atoms with E-state index >= 15 is 0 Å². The van der Waals surface area contributed by atoms with Crippen molar-refractivity contribution in [3.8, 4) is 0 Å². The van der Waals surface area contributed by atoms with E-state index in [0.29, 0.717) is 6.42 Å². The molecule has 2 aromatic rings. The Morgan fingerprint density at radius 1 is 1.17 bits per heavy atom. The van der Waals surface area contributed by atoms with E-state index in [9.17, 15) is 0 Å². The number of benzene rings is 1. The zero-order valence-corrected chi connectivity index (χ0v) is 14.2. The van der Waals surface area contributed by atoms with Gasteiger partial charge in [-0.25, -0.2) is 9.97 Å². The van der Waals surface area contributed by atoms with Gasteiger partial charge < -0.3 is 4.90 Å². The topological polar surface area (TPSA) is 53.4 Å². The number of hydrazone groups is 1. The number of nitrogens with one attached hydrogen (secondary N) is 1. The summed E-state index contributed by atoms with van der Waals surface area (Å²) in [6, 6.07) is 8.18. The van der Waals surface area contributed by atoms with Gasteiger partial charge >= 0.3 is 0 Å². The molecule has 0 atom stereocenters. The van der Waals surface area contributed by atoms with Crippen molar-refractivity contribution < 1.29 is 0 Å². The van der Waals surface area contributed by atoms with Crippen molar-refractivity contribution in [2.24, 2.45) is 5.10 Å². The molecule has 0 saturated carbocycles. The molecule has 1 N–H and O–H groups in total. The number of nitrogens with zero attached hydrogens (tertiary/aromatic N) is 4. The number of anilines is 2. The molecule has 0 aliphatic rings. The molecule has 0 radical (unpaired) electrons. The lowest BCUT2D eigenvalue weighted by Crippen LogP contribution is -2.08. The van der Waals surface area contributed by atoms with Gasteiger partial charge in [-0.2, -0.15) is 5.10 Å². The minimum Gasteiger partial charge on any atom is -0.378 e. The number of hydrogen-bond donors (Lipinski definition) is 1. The maximum atomic E-state index is 4.43. The molecule has 0 aliphatic heterocycles. The molecule has 5 heteroatoms. The molecule has 1 heterocycles. The molecule has 23 heavy (non-hydrogen) atoms. The van der Waals surface area contributed by atoms with Gasteiger partial charge in [-0.1, -0.05) is 18.2 Å². The predicted octanol–water partition coefficient (Wildman–Crippen LogP) is 3.33. The highest BCUT2D eigenvalue weighted by molar-refractivity contribution is 5.81. The molecular weight excluding hydrogens is 286 g/mol. The van der Waals surface area contributed by atoms with Crippen LogP contribution in [-0.4, -0.2) is 30.3 Å². The Balaban J connectivity index is 2.15. The lowest BCUT2D eigenvalue weighted by atomic mass is 10.1. The second-order valence-electron chi connectivity index (χ2n) is 5.53. The highest BCUT2D eigenvalue weighted by Crippen LogP contribution is 2.17. The normalized spacial score (nSPS) is 10.8. The number of rotatable bonds is 6. The van der Waals surface area contributed by atoms with E-state index in [1.54, 1.807) is 6.21 Å². The summed E-state index contributed by atoms with van der Waals surface area (Å²) in [5.41, 5.74) is 7.18. The third kappa shape index (κ3) is 4.39. The molecule has 0 bridgehead atoms. The van der Waals surface area contributed by atoms with Gasteiger partial charge in [0.15, 0.2) is 5.82 Å². The summed E-state index contributed by atoms with van der Waals surface area (Å²) >= 11 is 0. The third-order valence-corrected chi connectivity index (χ3v) is 3.47. The van der Waals surface area contributed by atoms with E-state index in [1.165, 1.54) is 0 Å². The second kappa shape index (κ2) is 7.54. The molecular formula is C18H23N5. The summed E-state index contributed by atoms with van der Waals surface area (Å²) in [4.78, 5) is 10.9. The molecule has 0 saturated heterocycles. The van der Waals surface area contributed by atoms with E-state index in [4.69, 9.17) is 0 Å². The van der Waals surface area contributed by atoms with Crippen molar-refractivity contribution in [1.82, 2.24) is 9.97 Å². The monoisotopic (exact) mass is 309 g/mol. The number of aromatic nitrogens is 2. The van der Waals surface area contributed by atoms with Crippen molar-refractivity contribution in [3.05, 3.63) is 59.6 Å². The first kappa shape index (κ1) is 16.7. The number of aryl methyl sites for hydroxylation is 2. The van der Waals surface area contributed by atoms with Gasteiger partial charge in [-0.05, 0) is 38.0 Å². The fourth-order valence-corrected chi connectivity index (χ4v) is 2.24. The van der Waals surface area contributed by atoms with Gasteiger partial charge in [0, 0.05) is 31.0 Å². The fourth-order valence-electron chi connectivity index (χ4n) is 2.24. The Morgan fingerprint density at radius 3 is 2.48 bits per heavy atom.